The molecule has 0 spiro atoms. The van der Waals surface area contributed by atoms with E-state index in [1.54, 1.807) is 17.5 Å². The Morgan fingerprint density at radius 3 is 2.64 bits per heavy atom. The second kappa shape index (κ2) is 4.10. The van der Waals surface area contributed by atoms with E-state index in [1.807, 2.05) is 0 Å². The molecule has 1 rings (SSSR count). The van der Waals surface area contributed by atoms with Crippen LogP contribution in [-0.2, 0) is 10.0 Å². The first kappa shape index (κ1) is 11.2. The molecule has 1 aromatic heterocycles. The van der Waals surface area contributed by atoms with E-state index in [9.17, 15) is 13.2 Å². The van der Waals surface area contributed by atoms with Gasteiger partial charge in [0.15, 0.2) is 0 Å². The Morgan fingerprint density at radius 2 is 2.21 bits per heavy atom. The van der Waals surface area contributed by atoms with Gasteiger partial charge in [-0.15, -0.1) is 11.3 Å². The van der Waals surface area contributed by atoms with Crippen LogP contribution in [-0.4, -0.2) is 31.4 Å². The van der Waals surface area contributed by atoms with Crippen LogP contribution in [0.25, 0.3) is 0 Å². The quantitative estimate of drug-likeness (QED) is 0.787. The maximum absolute atomic E-state index is 11.6. The second-order valence-electron chi connectivity index (χ2n) is 2.65. The predicted octanol–water partition coefficient (Wildman–Crippen LogP) is 1.17. The molecule has 0 radical (unpaired) electrons. The molecule has 1 aromatic rings. The summed E-state index contributed by atoms with van der Waals surface area (Å²) in [5.41, 5.74) is 0. The van der Waals surface area contributed by atoms with Crippen molar-refractivity contribution in [2.45, 2.75) is 6.92 Å². The molecule has 0 aromatic carbocycles. The predicted molar refractivity (Wildman–Crippen MR) is 55.9 cm³/mol. The highest BCUT2D eigenvalue weighted by atomic mass is 32.2. The normalized spacial score (nSPS) is 11.3. The van der Waals surface area contributed by atoms with Crippen LogP contribution in [0.1, 0.15) is 16.6 Å². The van der Waals surface area contributed by atoms with Crippen LogP contribution in [0.3, 0.4) is 0 Å². The Bertz CT molecular complexity index is 408. The number of hydrogen-bond acceptors (Lipinski definition) is 4. The van der Waals surface area contributed by atoms with Crippen molar-refractivity contribution in [3.8, 4) is 0 Å². The Hall–Kier alpha value is -0.880. The van der Waals surface area contributed by atoms with Crippen molar-refractivity contribution in [1.82, 2.24) is 4.31 Å². The standard InChI is InChI=1S/C8H11NO3S2/c1-3-14(11,12)9(2)8(10)7-5-4-6-13-7/h4-6H,3H2,1-2H3. The maximum Gasteiger partial charge on any atom is 0.277 e. The zero-order valence-corrected chi connectivity index (χ0v) is 9.56. The lowest BCUT2D eigenvalue weighted by atomic mass is 10.4. The van der Waals surface area contributed by atoms with Gasteiger partial charge in [0.05, 0.1) is 10.6 Å². The van der Waals surface area contributed by atoms with Crippen molar-refractivity contribution in [3.05, 3.63) is 22.4 Å². The molecule has 0 atom stereocenters. The maximum atomic E-state index is 11.6. The van der Waals surface area contributed by atoms with Crippen molar-refractivity contribution in [2.24, 2.45) is 0 Å². The molecule has 78 valence electrons. The molecule has 1 amide bonds. The van der Waals surface area contributed by atoms with Gasteiger partial charge in [-0.25, -0.2) is 12.7 Å². The van der Waals surface area contributed by atoms with E-state index in [0.717, 1.165) is 4.31 Å². The van der Waals surface area contributed by atoms with Crippen LogP contribution < -0.4 is 0 Å². The van der Waals surface area contributed by atoms with Gasteiger partial charge >= 0.3 is 0 Å². The van der Waals surface area contributed by atoms with E-state index in [-0.39, 0.29) is 5.75 Å². The Labute approximate surface area is 87.2 Å². The topological polar surface area (TPSA) is 54.5 Å². The molecule has 0 unspecified atom stereocenters. The Morgan fingerprint density at radius 1 is 1.57 bits per heavy atom. The lowest BCUT2D eigenvalue weighted by molar-refractivity contribution is 0.0887. The summed E-state index contributed by atoms with van der Waals surface area (Å²) < 4.78 is 23.5. The Kier molecular flexibility index (Phi) is 3.28. The number of carbonyl (C=O) groups excluding carboxylic acids is 1. The van der Waals surface area contributed by atoms with Crippen LogP contribution in [0, 0.1) is 0 Å². The number of amides is 1. The molecule has 14 heavy (non-hydrogen) atoms. The molecular weight excluding hydrogens is 222 g/mol. The molecule has 4 nitrogen and oxygen atoms in total. The SMILES string of the molecule is CCS(=O)(=O)N(C)C(=O)c1cccs1. The molecule has 0 N–H and O–H groups in total. The molecule has 6 heteroatoms. The molecule has 0 aliphatic heterocycles. The van der Waals surface area contributed by atoms with Crippen LogP contribution in [0.4, 0.5) is 0 Å². The number of sulfonamides is 1. The monoisotopic (exact) mass is 233 g/mol. The van der Waals surface area contributed by atoms with Gasteiger partial charge in [-0.1, -0.05) is 6.07 Å². The average molecular weight is 233 g/mol. The van der Waals surface area contributed by atoms with Crippen LogP contribution in [0.5, 0.6) is 0 Å². The van der Waals surface area contributed by atoms with Crippen LogP contribution in [0.15, 0.2) is 17.5 Å². The number of thiophene rings is 1. The van der Waals surface area contributed by atoms with Crippen molar-refractivity contribution >= 4 is 27.3 Å². The number of nitrogens with zero attached hydrogens (tertiary/aromatic N) is 1. The van der Waals surface area contributed by atoms with Gasteiger partial charge in [-0.05, 0) is 18.4 Å². The molecule has 0 aliphatic carbocycles. The lowest BCUT2D eigenvalue weighted by Gasteiger charge is -2.14. The van der Waals surface area contributed by atoms with Gasteiger partial charge in [-0.2, -0.15) is 0 Å². The molecule has 0 bridgehead atoms. The zero-order valence-electron chi connectivity index (χ0n) is 7.93. The molecule has 0 saturated heterocycles. The van der Waals surface area contributed by atoms with E-state index in [2.05, 4.69) is 0 Å². The average Bonchev–Trinajstić information content (AvgIpc) is 2.68. The summed E-state index contributed by atoms with van der Waals surface area (Å²) in [6, 6.07) is 3.32. The van der Waals surface area contributed by atoms with Gasteiger partial charge in [-0.3, -0.25) is 4.79 Å². The third kappa shape index (κ3) is 2.13. The Balaban J connectivity index is 2.92. The first-order valence-electron chi connectivity index (χ1n) is 4.03. The number of rotatable bonds is 3. The molecule has 1 heterocycles. The summed E-state index contributed by atoms with van der Waals surface area (Å²) >= 11 is 1.23. The minimum absolute atomic E-state index is 0.0688. The summed E-state index contributed by atoms with van der Waals surface area (Å²) in [5, 5.41) is 1.74. The molecule has 0 aliphatic rings. The van der Waals surface area contributed by atoms with Gasteiger partial charge in [0, 0.05) is 7.05 Å². The largest absolute Gasteiger partial charge is 0.277 e. The summed E-state index contributed by atoms with van der Waals surface area (Å²) in [6.45, 7) is 1.51. The van der Waals surface area contributed by atoms with Crippen molar-refractivity contribution in [2.75, 3.05) is 12.8 Å². The number of hydrogen-bond donors (Lipinski definition) is 0. The highest BCUT2D eigenvalue weighted by Gasteiger charge is 2.22. The summed E-state index contributed by atoms with van der Waals surface area (Å²) in [4.78, 5) is 12.0. The summed E-state index contributed by atoms with van der Waals surface area (Å²) in [5.74, 6) is -0.539. The van der Waals surface area contributed by atoms with Crippen molar-refractivity contribution in [3.63, 3.8) is 0 Å². The third-order valence-corrected chi connectivity index (χ3v) is 4.39. The fourth-order valence-electron chi connectivity index (χ4n) is 0.875. The zero-order chi connectivity index (χ0) is 10.8. The highest BCUT2D eigenvalue weighted by Crippen LogP contribution is 2.13. The van der Waals surface area contributed by atoms with Gasteiger partial charge in [0.2, 0.25) is 10.0 Å². The van der Waals surface area contributed by atoms with E-state index in [4.69, 9.17) is 0 Å². The third-order valence-electron chi connectivity index (χ3n) is 1.80. The van der Waals surface area contributed by atoms with E-state index in [1.165, 1.54) is 25.3 Å². The summed E-state index contributed by atoms with van der Waals surface area (Å²) in [6.07, 6.45) is 0. The van der Waals surface area contributed by atoms with Crippen LogP contribution >= 0.6 is 11.3 Å². The summed E-state index contributed by atoms with van der Waals surface area (Å²) in [7, 11) is -2.15. The van der Waals surface area contributed by atoms with E-state index < -0.39 is 15.9 Å². The van der Waals surface area contributed by atoms with E-state index >= 15 is 0 Å². The molecule has 0 saturated carbocycles. The molecular formula is C8H11NO3S2. The van der Waals surface area contributed by atoms with Crippen molar-refractivity contribution in [1.29, 1.82) is 0 Å². The number of carbonyl (C=O) groups is 1. The van der Waals surface area contributed by atoms with Crippen molar-refractivity contribution < 1.29 is 13.2 Å². The van der Waals surface area contributed by atoms with Gasteiger partial charge < -0.3 is 0 Å². The lowest BCUT2D eigenvalue weighted by Crippen LogP contribution is -2.33. The first-order chi connectivity index (χ1) is 6.49. The van der Waals surface area contributed by atoms with Crippen LogP contribution in [0.2, 0.25) is 0 Å². The fraction of sp³-hybridized carbons (Fsp3) is 0.375. The van der Waals surface area contributed by atoms with E-state index in [0.29, 0.717) is 4.88 Å². The van der Waals surface area contributed by atoms with Gasteiger partial charge in [0.25, 0.3) is 5.91 Å². The minimum atomic E-state index is -3.43. The molecule has 0 fully saturated rings. The second-order valence-corrected chi connectivity index (χ2v) is 5.89. The highest BCUT2D eigenvalue weighted by molar-refractivity contribution is 7.89. The fourth-order valence-corrected chi connectivity index (χ4v) is 2.37. The smallest absolute Gasteiger partial charge is 0.267 e. The minimum Gasteiger partial charge on any atom is -0.267 e. The van der Waals surface area contributed by atoms with Gasteiger partial charge in [0.1, 0.15) is 0 Å². The first-order valence-corrected chi connectivity index (χ1v) is 6.52.